The van der Waals surface area contributed by atoms with E-state index in [9.17, 15) is 19.5 Å². The van der Waals surface area contributed by atoms with Crippen molar-refractivity contribution >= 4 is 47.0 Å². The molecule has 27 heavy (non-hydrogen) atoms. The first kappa shape index (κ1) is 19.6. The fraction of sp³-hybridized carbons (Fsp3) is 0.500. The third-order valence-electron chi connectivity index (χ3n) is 3.90. The number of oxime groups is 1. The molecule has 3 rings (SSSR count). The van der Waals surface area contributed by atoms with Gasteiger partial charge >= 0.3 is 5.97 Å². The number of hydrogen-bond donors (Lipinski definition) is 2. The van der Waals surface area contributed by atoms with E-state index in [0.717, 1.165) is 12.2 Å². The Morgan fingerprint density at radius 3 is 3.00 bits per heavy atom. The summed E-state index contributed by atoms with van der Waals surface area (Å²) in [7, 11) is 0. The Morgan fingerprint density at radius 1 is 1.52 bits per heavy atom. The highest BCUT2D eigenvalue weighted by Crippen LogP contribution is 2.37. The molecule has 0 bridgehead atoms. The molecule has 0 saturated carbocycles. The number of rotatable bonds is 7. The fourth-order valence-electron chi connectivity index (χ4n) is 2.64. The lowest BCUT2D eigenvalue weighted by Crippen LogP contribution is -2.70. The maximum Gasteiger partial charge on any atom is 0.352 e. The summed E-state index contributed by atoms with van der Waals surface area (Å²) < 4.78 is 5.49. The van der Waals surface area contributed by atoms with Crippen LogP contribution in [0, 0.1) is 0 Å². The van der Waals surface area contributed by atoms with Crippen molar-refractivity contribution in [3.05, 3.63) is 22.9 Å². The molecule has 0 aromatic carbocycles. The number of carbonyl (C=O) groups is 3. The lowest BCUT2D eigenvalue weighted by molar-refractivity contribution is -0.150. The van der Waals surface area contributed by atoms with Gasteiger partial charge in [-0.25, -0.2) is 4.79 Å². The van der Waals surface area contributed by atoms with Crippen molar-refractivity contribution < 1.29 is 29.1 Å². The maximum atomic E-state index is 12.7. The number of ether oxygens (including phenoxy) is 1. The van der Waals surface area contributed by atoms with Crippen molar-refractivity contribution in [2.75, 3.05) is 24.7 Å². The van der Waals surface area contributed by atoms with Gasteiger partial charge in [0.15, 0.2) is 5.76 Å². The molecule has 0 spiro atoms. The second-order valence-corrected chi connectivity index (χ2v) is 7.88. The van der Waals surface area contributed by atoms with Crippen LogP contribution in [0.5, 0.6) is 0 Å². The Balaban J connectivity index is 1.72. The summed E-state index contributed by atoms with van der Waals surface area (Å²) in [5, 5.41) is 17.0. The van der Waals surface area contributed by atoms with Gasteiger partial charge < -0.3 is 20.0 Å². The van der Waals surface area contributed by atoms with E-state index in [1.165, 1.54) is 34.5 Å². The monoisotopic (exact) mass is 413 g/mol. The minimum absolute atomic E-state index is 0.0308. The van der Waals surface area contributed by atoms with Crippen LogP contribution < -0.4 is 5.32 Å². The van der Waals surface area contributed by atoms with Gasteiger partial charge in [-0.2, -0.15) is 0 Å². The Labute approximate surface area is 164 Å². The minimum Gasteiger partial charge on any atom is -0.490 e. The number of carboxylic acid groups (broad SMARTS) is 1. The molecule has 3 aliphatic rings. The minimum atomic E-state index is -1.16. The number of nitrogens with zero attached hydrogens (tertiary/aromatic N) is 2. The number of fused-ring (bicyclic) bond motifs is 1. The summed E-state index contributed by atoms with van der Waals surface area (Å²) in [6.45, 7) is 2.70. The number of hydrogen-bond acceptors (Lipinski definition) is 8. The van der Waals surface area contributed by atoms with E-state index in [-0.39, 0.29) is 11.4 Å². The van der Waals surface area contributed by atoms with Crippen molar-refractivity contribution in [2.45, 2.75) is 24.8 Å². The van der Waals surface area contributed by atoms with E-state index in [4.69, 9.17) is 9.57 Å². The van der Waals surface area contributed by atoms with Crippen molar-refractivity contribution in [1.29, 1.82) is 0 Å². The molecular weight excluding hydrogens is 394 g/mol. The highest BCUT2D eigenvalue weighted by Gasteiger charge is 2.53. The molecule has 0 aliphatic carbocycles. The predicted octanol–water partition coefficient (Wildman–Crippen LogP) is 0.742. The molecule has 0 aromatic rings. The Hall–Kier alpha value is -2.14. The molecule has 2 atom stereocenters. The lowest BCUT2D eigenvalue weighted by Gasteiger charge is -2.48. The van der Waals surface area contributed by atoms with Crippen LogP contribution in [0.3, 0.4) is 0 Å². The number of carbonyl (C=O) groups excluding carboxylic acids is 2. The van der Waals surface area contributed by atoms with Gasteiger partial charge in [0.1, 0.15) is 23.7 Å². The summed E-state index contributed by atoms with van der Waals surface area (Å²) in [5.74, 6) is -0.695. The van der Waals surface area contributed by atoms with Crippen LogP contribution in [0.4, 0.5) is 0 Å². The molecule has 1 fully saturated rings. The zero-order chi connectivity index (χ0) is 19.4. The van der Waals surface area contributed by atoms with Crippen molar-refractivity contribution in [3.63, 3.8) is 0 Å². The number of nitrogens with one attached hydrogen (secondary N) is 1. The molecule has 3 heterocycles. The molecule has 3 aliphatic heterocycles. The number of carboxylic acids is 1. The van der Waals surface area contributed by atoms with E-state index in [2.05, 4.69) is 10.5 Å². The van der Waals surface area contributed by atoms with E-state index in [1.54, 1.807) is 5.41 Å². The number of aliphatic carboxylic acids is 1. The predicted molar refractivity (Wildman–Crippen MR) is 101 cm³/mol. The van der Waals surface area contributed by atoms with Crippen LogP contribution in [0.2, 0.25) is 0 Å². The molecule has 2 amide bonds. The van der Waals surface area contributed by atoms with Gasteiger partial charge in [-0.1, -0.05) is 12.1 Å². The van der Waals surface area contributed by atoms with Gasteiger partial charge in [0.2, 0.25) is 5.71 Å². The van der Waals surface area contributed by atoms with Crippen molar-refractivity contribution in [3.8, 4) is 0 Å². The first-order chi connectivity index (χ1) is 13.0. The van der Waals surface area contributed by atoms with Gasteiger partial charge in [0.05, 0.1) is 6.61 Å². The van der Waals surface area contributed by atoms with Gasteiger partial charge in [-0.15, -0.1) is 23.5 Å². The summed E-state index contributed by atoms with van der Waals surface area (Å²) in [6.07, 6.45) is 2.22. The largest absolute Gasteiger partial charge is 0.490 e. The average Bonchev–Trinajstić information content (AvgIpc) is 2.69. The Kier molecular flexibility index (Phi) is 6.32. The fourth-order valence-corrected chi connectivity index (χ4v) is 4.46. The number of β-lactam (4-membered cyclic amide) rings is 1. The van der Waals surface area contributed by atoms with Crippen LogP contribution in [0.15, 0.2) is 28.1 Å². The highest BCUT2D eigenvalue weighted by atomic mass is 32.2. The number of amides is 2. The number of thioether (sulfide) groups is 2. The third-order valence-corrected chi connectivity index (χ3v) is 5.87. The van der Waals surface area contributed by atoms with Crippen LogP contribution in [-0.4, -0.2) is 69.6 Å². The van der Waals surface area contributed by atoms with Crippen LogP contribution in [-0.2, 0) is 24.0 Å². The van der Waals surface area contributed by atoms with E-state index < -0.39 is 29.2 Å². The molecule has 1 unspecified atom stereocenters. The molecule has 1 saturated heterocycles. The van der Waals surface area contributed by atoms with Gasteiger partial charge in [-0.3, -0.25) is 14.5 Å². The zero-order valence-electron chi connectivity index (χ0n) is 14.5. The quantitative estimate of drug-likeness (QED) is 0.272. The SMILES string of the molecule is CCCON=C(C(=O)NC1C(=O)N2C(C(=O)O)=CCS[C@H]12)C1=CSCCO1. The summed E-state index contributed by atoms with van der Waals surface area (Å²) in [5.41, 5.74) is -0.0825. The van der Waals surface area contributed by atoms with E-state index >= 15 is 0 Å². The van der Waals surface area contributed by atoms with Crippen molar-refractivity contribution in [1.82, 2.24) is 10.2 Å². The molecule has 2 N–H and O–H groups in total. The van der Waals surface area contributed by atoms with E-state index in [1.807, 2.05) is 6.92 Å². The van der Waals surface area contributed by atoms with Crippen LogP contribution >= 0.6 is 23.5 Å². The normalized spacial score (nSPS) is 24.7. The third kappa shape index (κ3) is 4.08. The lowest BCUT2D eigenvalue weighted by atomic mass is 10.0. The first-order valence-corrected chi connectivity index (χ1v) is 10.5. The smallest absolute Gasteiger partial charge is 0.352 e. The zero-order valence-corrected chi connectivity index (χ0v) is 16.2. The van der Waals surface area contributed by atoms with Crippen molar-refractivity contribution in [2.24, 2.45) is 5.16 Å². The van der Waals surface area contributed by atoms with Crippen LogP contribution in [0.1, 0.15) is 13.3 Å². The molecular formula is C16H19N3O6S2. The summed E-state index contributed by atoms with van der Waals surface area (Å²) in [6, 6.07) is -0.821. The summed E-state index contributed by atoms with van der Waals surface area (Å²) in [4.78, 5) is 42.7. The highest BCUT2D eigenvalue weighted by molar-refractivity contribution is 8.02. The Morgan fingerprint density at radius 2 is 2.33 bits per heavy atom. The molecule has 0 aromatic heterocycles. The maximum absolute atomic E-state index is 12.7. The average molecular weight is 413 g/mol. The molecule has 0 radical (unpaired) electrons. The second-order valence-electron chi connectivity index (χ2n) is 5.75. The van der Waals surface area contributed by atoms with Gasteiger partial charge in [0.25, 0.3) is 11.8 Å². The molecule has 11 heteroatoms. The summed E-state index contributed by atoms with van der Waals surface area (Å²) >= 11 is 2.88. The first-order valence-electron chi connectivity index (χ1n) is 8.38. The standard InChI is InChI=1S/C16H19N3O6S2/c1-2-4-25-18-11(10-8-26-7-5-24-10)13(20)17-12-14(21)19-9(16(22)23)3-6-27-15(12)19/h3,8,12,15H,2,4-7H2,1H3,(H,17,20)(H,22,23)/t12?,15-/m1/s1. The Bertz CT molecular complexity index is 736. The molecule has 9 nitrogen and oxygen atoms in total. The molecule has 146 valence electrons. The second kappa shape index (κ2) is 8.70. The van der Waals surface area contributed by atoms with Crippen LogP contribution in [0.25, 0.3) is 0 Å². The van der Waals surface area contributed by atoms with Gasteiger partial charge in [-0.05, 0) is 12.5 Å². The topological polar surface area (TPSA) is 118 Å². The van der Waals surface area contributed by atoms with Gasteiger partial charge in [0, 0.05) is 16.9 Å². The van der Waals surface area contributed by atoms with E-state index in [0.29, 0.717) is 24.7 Å².